The summed E-state index contributed by atoms with van der Waals surface area (Å²) in [6, 6.07) is 3.62. The van der Waals surface area contributed by atoms with Crippen LogP contribution in [0.25, 0.3) is 0 Å². The van der Waals surface area contributed by atoms with Crippen molar-refractivity contribution in [1.29, 1.82) is 0 Å². The molecule has 0 aliphatic carbocycles. The van der Waals surface area contributed by atoms with Gasteiger partial charge in [-0.25, -0.2) is 9.97 Å². The summed E-state index contributed by atoms with van der Waals surface area (Å²) in [6.07, 6.45) is 4.87. The van der Waals surface area contributed by atoms with Crippen molar-refractivity contribution in [3.05, 3.63) is 52.1 Å². The van der Waals surface area contributed by atoms with E-state index in [9.17, 15) is 10.1 Å². The molecule has 1 N–H and O–H groups in total. The zero-order valence-electron chi connectivity index (χ0n) is 9.70. The van der Waals surface area contributed by atoms with Crippen LogP contribution in [0.4, 0.5) is 11.6 Å². The highest BCUT2D eigenvalue weighted by Gasteiger charge is 2.17. The summed E-state index contributed by atoms with van der Waals surface area (Å²) in [7, 11) is 1.66. The van der Waals surface area contributed by atoms with Gasteiger partial charge in [-0.1, -0.05) is 6.07 Å². The Bertz CT molecular complexity index is 559. The molecular formula is C11H11N5O2. The van der Waals surface area contributed by atoms with E-state index in [0.717, 1.165) is 5.56 Å². The summed E-state index contributed by atoms with van der Waals surface area (Å²) >= 11 is 0. The molecule has 0 spiro atoms. The number of nitrogens with zero attached hydrogens (tertiary/aromatic N) is 4. The predicted molar refractivity (Wildman–Crippen MR) is 65.3 cm³/mol. The number of nitrogens with one attached hydrogen (secondary N) is 1. The Balaban J connectivity index is 2.38. The van der Waals surface area contributed by atoms with Crippen LogP contribution in [0.3, 0.4) is 0 Å². The largest absolute Gasteiger partial charge is 0.357 e. The molecule has 0 saturated heterocycles. The second-order valence-electron chi connectivity index (χ2n) is 3.57. The molecule has 0 saturated carbocycles. The van der Waals surface area contributed by atoms with E-state index in [-0.39, 0.29) is 5.69 Å². The lowest BCUT2D eigenvalue weighted by Crippen LogP contribution is -2.05. The highest BCUT2D eigenvalue weighted by atomic mass is 16.6. The molecule has 2 rings (SSSR count). The second kappa shape index (κ2) is 5.17. The molecule has 0 fully saturated rings. The van der Waals surface area contributed by atoms with Gasteiger partial charge in [0.25, 0.3) is 0 Å². The Morgan fingerprint density at radius 1 is 1.44 bits per heavy atom. The number of anilines is 1. The second-order valence-corrected chi connectivity index (χ2v) is 3.57. The average Bonchev–Trinajstić information content (AvgIpc) is 2.39. The van der Waals surface area contributed by atoms with Gasteiger partial charge in [-0.3, -0.25) is 15.1 Å². The molecule has 0 bridgehead atoms. The van der Waals surface area contributed by atoms with Gasteiger partial charge >= 0.3 is 5.69 Å². The topological polar surface area (TPSA) is 93.8 Å². The van der Waals surface area contributed by atoms with E-state index < -0.39 is 4.92 Å². The Morgan fingerprint density at radius 3 is 2.89 bits per heavy atom. The van der Waals surface area contributed by atoms with Gasteiger partial charge in [0, 0.05) is 25.9 Å². The van der Waals surface area contributed by atoms with Crippen LogP contribution in [0.1, 0.15) is 11.3 Å². The molecule has 7 heteroatoms. The van der Waals surface area contributed by atoms with E-state index in [4.69, 9.17) is 0 Å². The molecule has 0 aromatic carbocycles. The number of nitro groups is 1. The molecule has 7 nitrogen and oxygen atoms in total. The first-order valence-electron chi connectivity index (χ1n) is 5.27. The normalized spacial score (nSPS) is 10.1. The Kier molecular flexibility index (Phi) is 3.42. The number of hydrogen-bond acceptors (Lipinski definition) is 6. The third-order valence-electron chi connectivity index (χ3n) is 2.36. The monoisotopic (exact) mass is 245 g/mol. The van der Waals surface area contributed by atoms with Gasteiger partial charge in [0.15, 0.2) is 0 Å². The van der Waals surface area contributed by atoms with Crippen LogP contribution in [0, 0.1) is 10.1 Å². The summed E-state index contributed by atoms with van der Waals surface area (Å²) in [5, 5.41) is 13.7. The van der Waals surface area contributed by atoms with Gasteiger partial charge in [-0.15, -0.1) is 0 Å². The minimum absolute atomic E-state index is 0.0853. The van der Waals surface area contributed by atoms with Gasteiger partial charge in [-0.05, 0) is 11.6 Å². The quantitative estimate of drug-likeness (QED) is 0.646. The summed E-state index contributed by atoms with van der Waals surface area (Å²) < 4.78 is 0. The van der Waals surface area contributed by atoms with Gasteiger partial charge in [-0.2, -0.15) is 0 Å². The zero-order chi connectivity index (χ0) is 13.0. The van der Waals surface area contributed by atoms with Crippen molar-refractivity contribution in [1.82, 2.24) is 15.0 Å². The molecule has 0 aliphatic heterocycles. The molecule has 2 aromatic heterocycles. The summed E-state index contributed by atoms with van der Waals surface area (Å²) in [6.45, 7) is 0. The van der Waals surface area contributed by atoms with Crippen molar-refractivity contribution >= 4 is 11.6 Å². The van der Waals surface area contributed by atoms with Crippen molar-refractivity contribution < 1.29 is 4.92 Å². The number of rotatable bonds is 4. The van der Waals surface area contributed by atoms with E-state index in [2.05, 4.69) is 20.3 Å². The smallest absolute Gasteiger partial charge is 0.309 e. The van der Waals surface area contributed by atoms with Crippen molar-refractivity contribution in [2.45, 2.75) is 6.42 Å². The SMILES string of the molecule is CNc1ncc([N+](=O)[O-])c(Cc2cccnc2)n1. The lowest BCUT2D eigenvalue weighted by atomic mass is 10.1. The van der Waals surface area contributed by atoms with E-state index >= 15 is 0 Å². The fraction of sp³-hybridized carbons (Fsp3) is 0.182. The summed E-state index contributed by atoms with van der Waals surface area (Å²) in [4.78, 5) is 22.3. The molecule has 0 atom stereocenters. The Labute approximate surface area is 103 Å². The molecule has 2 aromatic rings. The first kappa shape index (κ1) is 11.9. The molecule has 92 valence electrons. The Morgan fingerprint density at radius 2 is 2.28 bits per heavy atom. The standard InChI is InChI=1S/C11H11N5O2/c1-12-11-14-7-10(16(17)18)9(15-11)5-8-3-2-4-13-6-8/h2-4,6-7H,5H2,1H3,(H,12,14,15). The molecule has 0 unspecified atom stereocenters. The fourth-order valence-electron chi connectivity index (χ4n) is 1.51. The van der Waals surface area contributed by atoms with Crippen LogP contribution >= 0.6 is 0 Å². The Hall–Kier alpha value is -2.57. The van der Waals surface area contributed by atoms with E-state index in [1.807, 2.05) is 6.07 Å². The third-order valence-corrected chi connectivity index (χ3v) is 2.36. The third kappa shape index (κ3) is 2.57. The van der Waals surface area contributed by atoms with Crippen LogP contribution in [0.5, 0.6) is 0 Å². The molecular weight excluding hydrogens is 234 g/mol. The molecule has 2 heterocycles. The minimum atomic E-state index is -0.481. The molecule has 0 amide bonds. The maximum absolute atomic E-state index is 10.9. The highest BCUT2D eigenvalue weighted by molar-refractivity contribution is 5.40. The van der Waals surface area contributed by atoms with Crippen LogP contribution in [-0.2, 0) is 6.42 Å². The first-order valence-corrected chi connectivity index (χ1v) is 5.27. The lowest BCUT2D eigenvalue weighted by Gasteiger charge is -2.04. The van der Waals surface area contributed by atoms with Gasteiger partial charge in [0.2, 0.25) is 5.95 Å². The maximum Gasteiger partial charge on any atom is 0.309 e. The van der Waals surface area contributed by atoms with E-state index in [0.29, 0.717) is 18.1 Å². The molecule has 18 heavy (non-hydrogen) atoms. The lowest BCUT2D eigenvalue weighted by molar-refractivity contribution is -0.386. The summed E-state index contributed by atoms with van der Waals surface area (Å²) in [5.74, 6) is 0.361. The zero-order valence-corrected chi connectivity index (χ0v) is 9.70. The van der Waals surface area contributed by atoms with Crippen molar-refractivity contribution in [2.24, 2.45) is 0 Å². The average molecular weight is 245 g/mol. The number of hydrogen-bond donors (Lipinski definition) is 1. The number of pyridine rings is 1. The molecule has 0 aliphatic rings. The van der Waals surface area contributed by atoms with E-state index in [1.54, 1.807) is 25.5 Å². The van der Waals surface area contributed by atoms with Crippen LogP contribution in [0.15, 0.2) is 30.7 Å². The minimum Gasteiger partial charge on any atom is -0.357 e. The van der Waals surface area contributed by atoms with Gasteiger partial charge in [0.1, 0.15) is 11.9 Å². The van der Waals surface area contributed by atoms with Crippen LogP contribution < -0.4 is 5.32 Å². The maximum atomic E-state index is 10.9. The van der Waals surface area contributed by atoms with Crippen LogP contribution in [-0.4, -0.2) is 26.9 Å². The van der Waals surface area contributed by atoms with Crippen molar-refractivity contribution in [3.8, 4) is 0 Å². The number of aromatic nitrogens is 3. The van der Waals surface area contributed by atoms with Crippen molar-refractivity contribution in [3.63, 3.8) is 0 Å². The summed E-state index contributed by atoms with van der Waals surface area (Å²) in [5.41, 5.74) is 1.14. The molecule has 0 radical (unpaired) electrons. The van der Waals surface area contributed by atoms with E-state index in [1.165, 1.54) is 6.20 Å². The van der Waals surface area contributed by atoms with Crippen molar-refractivity contribution in [2.75, 3.05) is 12.4 Å². The van der Waals surface area contributed by atoms with Gasteiger partial charge in [0.05, 0.1) is 4.92 Å². The fourth-order valence-corrected chi connectivity index (χ4v) is 1.51. The van der Waals surface area contributed by atoms with Crippen LogP contribution in [0.2, 0.25) is 0 Å². The highest BCUT2D eigenvalue weighted by Crippen LogP contribution is 2.19. The first-order chi connectivity index (χ1) is 8.70. The van der Waals surface area contributed by atoms with Gasteiger partial charge < -0.3 is 5.32 Å². The predicted octanol–water partition coefficient (Wildman–Crippen LogP) is 1.41.